The number of hydrogen-bond donors (Lipinski definition) is 2. The van der Waals surface area contributed by atoms with E-state index in [9.17, 15) is 0 Å². The molecule has 1 aliphatic rings. The Morgan fingerprint density at radius 3 is 2.60 bits per heavy atom. The molecule has 1 fully saturated rings. The molecule has 0 radical (unpaired) electrons. The van der Waals surface area contributed by atoms with Crippen LogP contribution in [0.1, 0.15) is 12.8 Å². The largest absolute Gasteiger partial charge is 0.508 e. The van der Waals surface area contributed by atoms with Crippen molar-refractivity contribution in [2.75, 3.05) is 13.1 Å². The van der Waals surface area contributed by atoms with Gasteiger partial charge in [0.05, 0.1) is 0 Å². The van der Waals surface area contributed by atoms with Gasteiger partial charge in [0, 0.05) is 16.7 Å². The third kappa shape index (κ3) is 4.05. The first-order valence-electron chi connectivity index (χ1n) is 5.01. The Morgan fingerprint density at radius 2 is 2.00 bits per heavy atom. The fraction of sp³-hybridized carbons (Fsp3) is 0.455. The summed E-state index contributed by atoms with van der Waals surface area (Å²) in [5, 5.41) is 13.2. The zero-order valence-corrected chi connectivity index (χ0v) is 11.0. The lowest BCUT2D eigenvalue weighted by Crippen LogP contribution is -2.31. The Kier molecular flexibility index (Phi) is 5.50. The van der Waals surface area contributed by atoms with Crippen LogP contribution in [0.15, 0.2) is 29.2 Å². The number of thioether (sulfide) groups is 1. The number of nitrogens with one attached hydrogen (secondary N) is 1. The second-order valence-electron chi connectivity index (χ2n) is 3.58. The first-order chi connectivity index (χ1) is 6.84. The van der Waals surface area contributed by atoms with Crippen molar-refractivity contribution in [2.24, 2.45) is 0 Å². The molecule has 84 valence electrons. The van der Waals surface area contributed by atoms with Gasteiger partial charge in [-0.3, -0.25) is 0 Å². The molecule has 1 atom stereocenters. The van der Waals surface area contributed by atoms with Gasteiger partial charge in [0.25, 0.3) is 0 Å². The van der Waals surface area contributed by atoms with Gasteiger partial charge in [0.15, 0.2) is 0 Å². The van der Waals surface area contributed by atoms with Crippen molar-refractivity contribution in [3.8, 4) is 5.75 Å². The van der Waals surface area contributed by atoms with Crippen LogP contribution in [0.5, 0.6) is 5.75 Å². The van der Waals surface area contributed by atoms with Gasteiger partial charge in [-0.25, -0.2) is 0 Å². The highest BCUT2D eigenvalue weighted by Gasteiger charge is 2.13. The second-order valence-corrected chi connectivity index (χ2v) is 4.95. The molecule has 0 saturated carbocycles. The minimum absolute atomic E-state index is 0. The van der Waals surface area contributed by atoms with Crippen LogP contribution >= 0.6 is 28.7 Å². The Morgan fingerprint density at radius 1 is 1.27 bits per heavy atom. The van der Waals surface area contributed by atoms with Gasteiger partial charge in [-0.05, 0) is 43.7 Å². The van der Waals surface area contributed by atoms with E-state index < -0.39 is 0 Å². The summed E-state index contributed by atoms with van der Waals surface area (Å²) in [6, 6.07) is 7.46. The Labute approximate surface area is 105 Å². The molecule has 2 N–H and O–H groups in total. The van der Waals surface area contributed by atoms with Crippen LogP contribution in [-0.2, 0) is 0 Å². The van der Waals surface area contributed by atoms with E-state index in [-0.39, 0.29) is 17.0 Å². The Bertz CT molecular complexity index is 285. The number of rotatable bonds is 2. The fourth-order valence-corrected chi connectivity index (χ4v) is 2.80. The normalized spacial score (nSPS) is 20.7. The average molecular weight is 290 g/mol. The van der Waals surface area contributed by atoms with E-state index in [1.165, 1.54) is 17.7 Å². The van der Waals surface area contributed by atoms with E-state index in [1.54, 1.807) is 12.1 Å². The predicted octanol–water partition coefficient (Wildman–Crippen LogP) is 2.81. The van der Waals surface area contributed by atoms with Crippen molar-refractivity contribution in [2.45, 2.75) is 23.0 Å². The lowest BCUT2D eigenvalue weighted by molar-refractivity contribution is 0.475. The van der Waals surface area contributed by atoms with Gasteiger partial charge in [-0.15, -0.1) is 28.7 Å². The van der Waals surface area contributed by atoms with Gasteiger partial charge in [-0.1, -0.05) is 0 Å². The summed E-state index contributed by atoms with van der Waals surface area (Å²) in [6.45, 7) is 2.26. The fourth-order valence-electron chi connectivity index (χ4n) is 1.64. The number of phenols is 1. The molecule has 1 aromatic rings. The maximum absolute atomic E-state index is 9.14. The zero-order chi connectivity index (χ0) is 9.80. The molecular weight excluding hydrogens is 274 g/mol. The summed E-state index contributed by atoms with van der Waals surface area (Å²) in [5.41, 5.74) is 0. The maximum atomic E-state index is 9.14. The standard InChI is InChI=1S/C11H15NOS.BrH/c13-9-3-5-10(6-4-9)14-11-2-1-7-12-8-11;/h3-6,11-13H,1-2,7-8H2;1H. The second kappa shape index (κ2) is 6.40. The molecule has 0 amide bonds. The molecule has 0 spiro atoms. The molecule has 4 heteroatoms. The molecule has 0 bridgehead atoms. The van der Waals surface area contributed by atoms with E-state index >= 15 is 0 Å². The number of aromatic hydroxyl groups is 1. The number of piperidine rings is 1. The lowest BCUT2D eigenvalue weighted by atomic mass is 10.2. The van der Waals surface area contributed by atoms with Crippen molar-refractivity contribution < 1.29 is 5.11 Å². The van der Waals surface area contributed by atoms with Crippen molar-refractivity contribution >= 4 is 28.7 Å². The lowest BCUT2D eigenvalue weighted by Gasteiger charge is -2.22. The van der Waals surface area contributed by atoms with E-state index in [1.807, 2.05) is 23.9 Å². The molecule has 1 aromatic carbocycles. The van der Waals surface area contributed by atoms with Crippen LogP contribution in [0.4, 0.5) is 0 Å². The molecule has 1 saturated heterocycles. The highest BCUT2D eigenvalue weighted by Crippen LogP contribution is 2.28. The van der Waals surface area contributed by atoms with Gasteiger partial charge in [-0.2, -0.15) is 0 Å². The van der Waals surface area contributed by atoms with E-state index in [4.69, 9.17) is 5.11 Å². The quantitative estimate of drug-likeness (QED) is 0.878. The zero-order valence-electron chi connectivity index (χ0n) is 8.48. The summed E-state index contributed by atoms with van der Waals surface area (Å²) in [4.78, 5) is 1.25. The minimum Gasteiger partial charge on any atom is -0.508 e. The third-order valence-electron chi connectivity index (χ3n) is 2.39. The molecule has 1 heterocycles. The topological polar surface area (TPSA) is 32.3 Å². The van der Waals surface area contributed by atoms with Crippen LogP contribution in [0.3, 0.4) is 0 Å². The van der Waals surface area contributed by atoms with Crippen molar-refractivity contribution in [1.29, 1.82) is 0 Å². The van der Waals surface area contributed by atoms with Crippen molar-refractivity contribution in [3.63, 3.8) is 0 Å². The van der Waals surface area contributed by atoms with Crippen LogP contribution in [0, 0.1) is 0 Å². The highest BCUT2D eigenvalue weighted by molar-refractivity contribution is 8.93. The highest BCUT2D eigenvalue weighted by atomic mass is 79.9. The molecule has 2 rings (SSSR count). The summed E-state index contributed by atoms with van der Waals surface area (Å²) in [6.07, 6.45) is 2.56. The average Bonchev–Trinajstić information content (AvgIpc) is 2.23. The van der Waals surface area contributed by atoms with Crippen LogP contribution in [0.25, 0.3) is 0 Å². The molecular formula is C11H16BrNOS. The van der Waals surface area contributed by atoms with Crippen LogP contribution < -0.4 is 5.32 Å². The van der Waals surface area contributed by atoms with Gasteiger partial charge < -0.3 is 10.4 Å². The summed E-state index contributed by atoms with van der Waals surface area (Å²) >= 11 is 1.90. The summed E-state index contributed by atoms with van der Waals surface area (Å²) in [5.74, 6) is 0.344. The first kappa shape index (κ1) is 12.9. The van der Waals surface area contributed by atoms with Gasteiger partial charge in [0.1, 0.15) is 5.75 Å². The van der Waals surface area contributed by atoms with Crippen molar-refractivity contribution in [1.82, 2.24) is 5.32 Å². The number of phenolic OH excluding ortho intramolecular Hbond substituents is 1. The number of benzene rings is 1. The van der Waals surface area contributed by atoms with Gasteiger partial charge in [0.2, 0.25) is 0 Å². The molecule has 15 heavy (non-hydrogen) atoms. The minimum atomic E-state index is 0. The van der Waals surface area contributed by atoms with Crippen LogP contribution in [0.2, 0.25) is 0 Å². The van der Waals surface area contributed by atoms with Crippen LogP contribution in [-0.4, -0.2) is 23.4 Å². The smallest absolute Gasteiger partial charge is 0.115 e. The molecule has 1 unspecified atom stereocenters. The molecule has 0 aromatic heterocycles. The third-order valence-corrected chi connectivity index (χ3v) is 3.67. The molecule has 0 aliphatic carbocycles. The SMILES string of the molecule is Br.Oc1ccc(SC2CCCNC2)cc1. The number of hydrogen-bond acceptors (Lipinski definition) is 3. The van der Waals surface area contributed by atoms with E-state index in [2.05, 4.69) is 5.32 Å². The summed E-state index contributed by atoms with van der Waals surface area (Å²) < 4.78 is 0. The van der Waals surface area contributed by atoms with E-state index in [0.717, 1.165) is 13.1 Å². The first-order valence-corrected chi connectivity index (χ1v) is 5.89. The maximum Gasteiger partial charge on any atom is 0.115 e. The van der Waals surface area contributed by atoms with E-state index in [0.29, 0.717) is 11.0 Å². The monoisotopic (exact) mass is 289 g/mol. The summed E-state index contributed by atoms with van der Waals surface area (Å²) in [7, 11) is 0. The predicted molar refractivity (Wildman–Crippen MR) is 70.2 cm³/mol. The Hall–Kier alpha value is -0.190. The molecule has 2 nitrogen and oxygen atoms in total. The molecule has 1 aliphatic heterocycles. The van der Waals surface area contributed by atoms with Crippen molar-refractivity contribution in [3.05, 3.63) is 24.3 Å². The number of halogens is 1. The Balaban J connectivity index is 0.00000112. The van der Waals surface area contributed by atoms with Gasteiger partial charge >= 0.3 is 0 Å².